The first-order valence-electron chi connectivity index (χ1n) is 11.1. The van der Waals surface area contributed by atoms with Gasteiger partial charge in [0, 0.05) is 25.0 Å². The summed E-state index contributed by atoms with van der Waals surface area (Å²) in [4.78, 5) is 10.5. The molecule has 176 valence electrons. The molecule has 0 radical (unpaired) electrons. The Bertz CT molecular complexity index is 1030. The van der Waals surface area contributed by atoms with Crippen LogP contribution in [0.4, 0.5) is 0 Å². The third kappa shape index (κ3) is 6.52. The molecule has 0 aromatic heterocycles. The van der Waals surface area contributed by atoms with Crippen molar-refractivity contribution in [3.63, 3.8) is 0 Å². The first-order valence-corrected chi connectivity index (χ1v) is 11.1. The summed E-state index contributed by atoms with van der Waals surface area (Å²) in [6, 6.07) is 19.9. The molecule has 1 saturated heterocycles. The van der Waals surface area contributed by atoms with Gasteiger partial charge in [0.15, 0.2) is 0 Å². The lowest BCUT2D eigenvalue weighted by Crippen LogP contribution is -2.41. The van der Waals surface area contributed by atoms with E-state index in [-0.39, 0.29) is 25.8 Å². The van der Waals surface area contributed by atoms with E-state index in [1.807, 2.05) is 54.6 Å². The molecule has 4 rings (SSSR count). The molecular formula is C26H31NO6. The topological polar surface area (TPSA) is 110 Å². The Hall–Kier alpha value is -2.97. The van der Waals surface area contributed by atoms with Crippen LogP contribution in [0.5, 0.6) is 5.75 Å². The van der Waals surface area contributed by atoms with Crippen molar-refractivity contribution in [2.75, 3.05) is 26.2 Å². The fraction of sp³-hybridized carbons (Fsp3) is 0.346. The first-order chi connectivity index (χ1) is 16.1. The van der Waals surface area contributed by atoms with Crippen LogP contribution in [0, 0.1) is 0 Å². The zero-order valence-corrected chi connectivity index (χ0v) is 18.5. The van der Waals surface area contributed by atoms with Crippen molar-refractivity contribution in [2.45, 2.75) is 31.7 Å². The lowest BCUT2D eigenvalue weighted by Gasteiger charge is -2.30. The predicted octanol–water partition coefficient (Wildman–Crippen LogP) is 2.90. The Balaban J connectivity index is 0.000000968. The molecular weight excluding hydrogens is 422 g/mol. The number of hydrogen-bond donors (Lipinski definition) is 4. The van der Waals surface area contributed by atoms with E-state index in [0.717, 1.165) is 59.1 Å². The van der Waals surface area contributed by atoms with Crippen LogP contribution in [-0.2, 0) is 11.4 Å². The van der Waals surface area contributed by atoms with E-state index in [4.69, 9.17) is 14.6 Å². The molecule has 0 amide bonds. The average Bonchev–Trinajstić information content (AvgIpc) is 2.84. The lowest BCUT2D eigenvalue weighted by atomic mass is 9.94. The molecule has 1 aliphatic rings. The second-order valence-corrected chi connectivity index (χ2v) is 8.07. The molecule has 33 heavy (non-hydrogen) atoms. The summed E-state index contributed by atoms with van der Waals surface area (Å²) < 4.78 is 6.02. The number of β-amino-alcohol motifs (C(OH)–C–C–N with tert-alkyl or cyclic N) is 1. The number of aliphatic hydroxyl groups is 3. The molecule has 7 heteroatoms. The van der Waals surface area contributed by atoms with Gasteiger partial charge in [-0.25, -0.2) is 0 Å². The summed E-state index contributed by atoms with van der Waals surface area (Å²) in [6.07, 6.45) is 0.716. The Morgan fingerprint density at radius 1 is 0.970 bits per heavy atom. The quantitative estimate of drug-likeness (QED) is 0.407. The Morgan fingerprint density at radius 2 is 1.61 bits per heavy atom. The van der Waals surface area contributed by atoms with Crippen LogP contribution in [0.15, 0.2) is 60.7 Å². The highest BCUT2D eigenvalue weighted by atomic mass is 16.5. The van der Waals surface area contributed by atoms with Crippen LogP contribution >= 0.6 is 0 Å². The Morgan fingerprint density at radius 3 is 2.30 bits per heavy atom. The van der Waals surface area contributed by atoms with Crippen LogP contribution in [0.2, 0.25) is 0 Å². The Kier molecular flexibility index (Phi) is 9.21. The highest BCUT2D eigenvalue weighted by Crippen LogP contribution is 2.36. The summed E-state index contributed by atoms with van der Waals surface area (Å²) in [5.41, 5.74) is 2.95. The first kappa shape index (κ1) is 24.7. The van der Waals surface area contributed by atoms with Crippen LogP contribution in [0.1, 0.15) is 18.4 Å². The van der Waals surface area contributed by atoms with E-state index in [0.29, 0.717) is 6.54 Å². The minimum absolute atomic E-state index is 0.0114. The van der Waals surface area contributed by atoms with E-state index in [9.17, 15) is 15.3 Å². The van der Waals surface area contributed by atoms with Crippen LogP contribution < -0.4 is 4.74 Å². The number of aliphatic hydroxyl groups excluding tert-OH is 3. The maximum Gasteiger partial charge on any atom is 0.290 e. The highest BCUT2D eigenvalue weighted by Gasteiger charge is 2.20. The molecule has 3 aromatic rings. The number of fused-ring (bicyclic) bond motifs is 1. The standard InChI is InChI=1S/C25H29NO4.CH2O2/c27-16-18-5-1-2-6-21(18)23-9-10-25(24-8-4-3-7-22(23)24)30-17-20(29)15-26-13-11-19(28)12-14-26;2-1-3/h1-10,19-20,27-29H,11-17H2;1H,(H,2,3). The smallest absolute Gasteiger partial charge is 0.290 e. The number of nitrogens with zero attached hydrogens (tertiary/aromatic N) is 1. The summed E-state index contributed by atoms with van der Waals surface area (Å²) in [7, 11) is 0. The van der Waals surface area contributed by atoms with Crippen molar-refractivity contribution in [3.8, 4) is 16.9 Å². The fourth-order valence-corrected chi connectivity index (χ4v) is 4.19. The molecule has 0 saturated carbocycles. The number of piperidine rings is 1. The molecule has 1 heterocycles. The number of hydrogen-bond acceptors (Lipinski definition) is 6. The Labute approximate surface area is 193 Å². The van der Waals surface area contributed by atoms with E-state index in [1.165, 1.54) is 0 Å². The van der Waals surface area contributed by atoms with Gasteiger partial charge in [-0.05, 0) is 41.0 Å². The number of carbonyl (C=O) groups is 1. The van der Waals surface area contributed by atoms with Gasteiger partial charge in [0.1, 0.15) is 18.5 Å². The number of ether oxygens (including phenoxy) is 1. The van der Waals surface area contributed by atoms with Gasteiger partial charge in [0.2, 0.25) is 0 Å². The molecule has 0 aliphatic carbocycles. The van der Waals surface area contributed by atoms with E-state index in [2.05, 4.69) is 11.0 Å². The zero-order valence-electron chi connectivity index (χ0n) is 18.5. The summed E-state index contributed by atoms with van der Waals surface area (Å²) in [5, 5.41) is 38.7. The van der Waals surface area contributed by atoms with Crippen molar-refractivity contribution < 1.29 is 30.0 Å². The maximum atomic E-state index is 10.4. The third-order valence-electron chi connectivity index (χ3n) is 5.82. The molecule has 1 unspecified atom stereocenters. The van der Waals surface area contributed by atoms with Gasteiger partial charge in [-0.1, -0.05) is 54.6 Å². The van der Waals surface area contributed by atoms with Crippen molar-refractivity contribution in [1.82, 2.24) is 4.90 Å². The number of rotatable bonds is 7. The average molecular weight is 454 g/mol. The van der Waals surface area contributed by atoms with Gasteiger partial charge in [0.05, 0.1) is 12.7 Å². The van der Waals surface area contributed by atoms with Gasteiger partial charge in [-0.3, -0.25) is 4.79 Å². The summed E-state index contributed by atoms with van der Waals surface area (Å²) in [6.45, 7) is 2.12. The van der Waals surface area contributed by atoms with Gasteiger partial charge < -0.3 is 30.1 Å². The molecule has 7 nitrogen and oxygen atoms in total. The molecule has 4 N–H and O–H groups in total. The largest absolute Gasteiger partial charge is 0.490 e. The van der Waals surface area contributed by atoms with Crippen LogP contribution in [0.25, 0.3) is 21.9 Å². The van der Waals surface area contributed by atoms with E-state index < -0.39 is 6.10 Å². The van der Waals surface area contributed by atoms with Gasteiger partial charge in [-0.2, -0.15) is 0 Å². The lowest BCUT2D eigenvalue weighted by molar-refractivity contribution is -0.122. The minimum Gasteiger partial charge on any atom is -0.490 e. The number of carboxylic acid groups (broad SMARTS) is 1. The van der Waals surface area contributed by atoms with Crippen molar-refractivity contribution in [2.24, 2.45) is 0 Å². The molecule has 0 spiro atoms. The summed E-state index contributed by atoms with van der Waals surface area (Å²) >= 11 is 0. The fourth-order valence-electron chi connectivity index (χ4n) is 4.19. The van der Waals surface area contributed by atoms with Gasteiger partial charge >= 0.3 is 0 Å². The van der Waals surface area contributed by atoms with Crippen LogP contribution in [-0.4, -0.2) is 70.2 Å². The normalized spacial score (nSPS) is 15.5. The van der Waals surface area contributed by atoms with E-state index >= 15 is 0 Å². The number of likely N-dealkylation sites (tertiary alicyclic amines) is 1. The minimum atomic E-state index is -0.589. The monoisotopic (exact) mass is 453 g/mol. The van der Waals surface area contributed by atoms with Gasteiger partial charge in [-0.15, -0.1) is 0 Å². The van der Waals surface area contributed by atoms with Crippen molar-refractivity contribution in [3.05, 3.63) is 66.2 Å². The molecule has 1 atom stereocenters. The van der Waals surface area contributed by atoms with Crippen molar-refractivity contribution >= 4 is 17.2 Å². The van der Waals surface area contributed by atoms with E-state index in [1.54, 1.807) is 0 Å². The third-order valence-corrected chi connectivity index (χ3v) is 5.82. The zero-order chi connectivity index (χ0) is 23.6. The highest BCUT2D eigenvalue weighted by molar-refractivity contribution is 6.00. The van der Waals surface area contributed by atoms with Gasteiger partial charge in [0.25, 0.3) is 6.47 Å². The maximum absolute atomic E-state index is 10.4. The number of benzene rings is 3. The predicted molar refractivity (Wildman–Crippen MR) is 127 cm³/mol. The van der Waals surface area contributed by atoms with Crippen LogP contribution in [0.3, 0.4) is 0 Å². The molecule has 1 fully saturated rings. The second kappa shape index (κ2) is 12.3. The second-order valence-electron chi connectivity index (χ2n) is 8.07. The van der Waals surface area contributed by atoms with Crippen molar-refractivity contribution in [1.29, 1.82) is 0 Å². The SMILES string of the molecule is O=CO.OCc1ccccc1-c1ccc(OCC(O)CN2CCC(O)CC2)c2ccccc12. The molecule has 0 bridgehead atoms. The summed E-state index contributed by atoms with van der Waals surface area (Å²) in [5.74, 6) is 0.740. The molecule has 3 aromatic carbocycles. The molecule has 1 aliphatic heterocycles.